The molecule has 290 valence electrons. The summed E-state index contributed by atoms with van der Waals surface area (Å²) in [6.45, 7) is 3.52. The van der Waals surface area contributed by atoms with Gasteiger partial charge in [-0.15, -0.1) is 11.3 Å². The molecule has 15 heteroatoms. The third-order valence-electron chi connectivity index (χ3n) is 12.4. The van der Waals surface area contributed by atoms with Crippen molar-refractivity contribution in [1.29, 1.82) is 0 Å². The molecule has 13 nitrogen and oxygen atoms in total. The molecule has 3 fully saturated rings. The number of nitro groups is 1. The summed E-state index contributed by atoms with van der Waals surface area (Å²) in [7, 11) is 1.69. The molecule has 2 aromatic heterocycles. The summed E-state index contributed by atoms with van der Waals surface area (Å²) in [5, 5.41) is 27.7. The maximum absolute atomic E-state index is 15.2. The number of allylic oxidation sites excluding steroid dienone is 2. The number of imide groups is 2. The van der Waals surface area contributed by atoms with E-state index in [9.17, 15) is 29.6 Å². The van der Waals surface area contributed by atoms with Gasteiger partial charge in [-0.2, -0.15) is 5.10 Å². The number of halogens is 1. The van der Waals surface area contributed by atoms with Crippen LogP contribution in [0.4, 0.5) is 17.2 Å². The first-order chi connectivity index (χ1) is 27.3. The maximum atomic E-state index is 15.2. The second-order valence-electron chi connectivity index (χ2n) is 15.3. The van der Waals surface area contributed by atoms with E-state index in [-0.39, 0.29) is 37.4 Å². The van der Waals surface area contributed by atoms with Gasteiger partial charge in [0.2, 0.25) is 23.6 Å². The van der Waals surface area contributed by atoms with Crippen molar-refractivity contribution in [3.8, 4) is 16.3 Å². The van der Waals surface area contributed by atoms with E-state index >= 15 is 4.79 Å². The number of aliphatic hydroxyl groups is 1. The zero-order valence-electron chi connectivity index (χ0n) is 31.0. The number of benzene rings is 3. The largest absolute Gasteiger partial charge is 0.491 e. The van der Waals surface area contributed by atoms with Crippen molar-refractivity contribution in [2.24, 2.45) is 36.1 Å². The fraction of sp³-hybridized carbons (Fsp3) is 0.310. The normalized spacial score (nSPS) is 25.5. The van der Waals surface area contributed by atoms with Crippen molar-refractivity contribution >= 4 is 73.8 Å². The number of hydrogen-bond donors (Lipinski definition) is 1. The first-order valence-corrected chi connectivity index (χ1v) is 19.8. The van der Waals surface area contributed by atoms with Gasteiger partial charge in [-0.1, -0.05) is 47.5 Å². The van der Waals surface area contributed by atoms with Gasteiger partial charge in [-0.05, 0) is 73.9 Å². The zero-order chi connectivity index (χ0) is 40.1. The second kappa shape index (κ2) is 13.5. The molecule has 3 aromatic carbocycles. The van der Waals surface area contributed by atoms with Gasteiger partial charge in [-0.25, -0.2) is 9.80 Å². The van der Waals surface area contributed by atoms with Crippen LogP contribution >= 0.6 is 22.9 Å². The number of ether oxygens (including phenoxy) is 1. The number of amides is 4. The van der Waals surface area contributed by atoms with Gasteiger partial charge in [0.15, 0.2) is 0 Å². The van der Waals surface area contributed by atoms with Crippen molar-refractivity contribution in [2.45, 2.75) is 32.6 Å². The number of nitrogens with zero attached hydrogens (tertiary/aromatic N) is 5. The highest BCUT2D eigenvalue weighted by molar-refractivity contribution is 7.22. The molecule has 0 spiro atoms. The Bertz CT molecular complexity index is 2620. The lowest BCUT2D eigenvalue weighted by molar-refractivity contribution is -0.384. The molecule has 0 radical (unpaired) electrons. The lowest BCUT2D eigenvalue weighted by Gasteiger charge is -2.49. The van der Waals surface area contributed by atoms with Crippen molar-refractivity contribution < 1.29 is 33.9 Å². The number of hydrogen-bond acceptors (Lipinski definition) is 10. The number of aromatic nitrogens is 2. The molecule has 4 aliphatic rings. The highest BCUT2D eigenvalue weighted by Crippen LogP contribution is 2.64. The van der Waals surface area contributed by atoms with Gasteiger partial charge in [0, 0.05) is 46.5 Å². The van der Waals surface area contributed by atoms with Crippen LogP contribution in [0, 0.1) is 46.1 Å². The Labute approximate surface area is 335 Å². The smallest absolute Gasteiger partial charge is 0.271 e. The third kappa shape index (κ3) is 5.41. The van der Waals surface area contributed by atoms with Crippen molar-refractivity contribution in [3.05, 3.63) is 111 Å². The van der Waals surface area contributed by atoms with Gasteiger partial charge >= 0.3 is 0 Å². The summed E-state index contributed by atoms with van der Waals surface area (Å²) in [5.74, 6) is -5.04. The van der Waals surface area contributed by atoms with E-state index < -0.39 is 63.6 Å². The predicted molar refractivity (Wildman–Crippen MR) is 213 cm³/mol. The van der Waals surface area contributed by atoms with Crippen LogP contribution in [0.5, 0.6) is 5.75 Å². The number of non-ortho nitro benzene ring substituents is 1. The lowest BCUT2D eigenvalue weighted by atomic mass is 9.51. The van der Waals surface area contributed by atoms with Gasteiger partial charge in [-0.3, -0.25) is 34.0 Å². The van der Waals surface area contributed by atoms with E-state index in [1.165, 1.54) is 33.8 Å². The van der Waals surface area contributed by atoms with Crippen LogP contribution in [0.3, 0.4) is 0 Å². The molecule has 0 bridgehead atoms. The molecule has 57 heavy (non-hydrogen) atoms. The highest BCUT2D eigenvalue weighted by atomic mass is 35.5. The van der Waals surface area contributed by atoms with E-state index in [0.717, 1.165) is 31.0 Å². The SMILES string of the molecule is Cc1c(-c2cc(N3C(=O)[C@@H]4C[C@@H]5C(=CC[C@@H]6C(=O)N(c7cccc([N+](=O)[O-])c7)C(=O)[C@@H]65)[C@H](c5ccccc5OCCO)[C@]4(C)C3=O)n(C)n2)sc2ccc(Cl)cc12. The van der Waals surface area contributed by atoms with Crippen molar-refractivity contribution in [1.82, 2.24) is 9.78 Å². The molecule has 4 heterocycles. The Morgan fingerprint density at radius 2 is 1.79 bits per heavy atom. The topological polar surface area (TPSA) is 165 Å². The molecule has 2 saturated heterocycles. The summed E-state index contributed by atoms with van der Waals surface area (Å²) in [6, 6.07) is 20.1. The summed E-state index contributed by atoms with van der Waals surface area (Å²) < 4.78 is 8.60. The number of anilines is 2. The number of rotatable bonds is 8. The predicted octanol–water partition coefficient (Wildman–Crippen LogP) is 6.98. The van der Waals surface area contributed by atoms with Crippen LogP contribution in [0.15, 0.2) is 84.4 Å². The van der Waals surface area contributed by atoms with Gasteiger partial charge in [0.05, 0.1) is 45.3 Å². The molecule has 4 amide bonds. The Balaban J connectivity index is 1.16. The number of para-hydroxylation sites is 1. The van der Waals surface area contributed by atoms with Gasteiger partial charge in [0.25, 0.3) is 5.69 Å². The second-order valence-corrected chi connectivity index (χ2v) is 16.8. The monoisotopic (exact) mass is 805 g/mol. The summed E-state index contributed by atoms with van der Waals surface area (Å²) in [5.41, 5.74) is 1.44. The Morgan fingerprint density at radius 3 is 2.56 bits per heavy atom. The number of carbonyl (C=O) groups excluding carboxylic acids is 4. The fourth-order valence-electron chi connectivity index (χ4n) is 9.80. The molecule has 5 aromatic rings. The molecule has 1 saturated carbocycles. The number of fused-ring (bicyclic) bond motifs is 5. The molecule has 9 rings (SSSR count). The molecule has 0 unspecified atom stereocenters. The van der Waals surface area contributed by atoms with Crippen LogP contribution in [0.2, 0.25) is 5.02 Å². The standard InChI is InChI=1S/C42H36ClN5O8S/c1-21-28-17-22(43)11-14-33(28)57-37(21)31-20-34(45(3)44-31)47-39(51)30-19-29-25(36(42(30,2)41(47)53)26-9-4-5-10-32(26)56-16-15-49)12-13-27-35(29)40(52)46(38(27)50)23-7-6-8-24(18-23)48(54)55/h4-12,14,17-18,20,27,29-30,35-36,49H,13,15-16,19H2,1-3H3/t27-,29+,30-,35-,36+,42+/m0/s1. The van der Waals surface area contributed by atoms with Crippen LogP contribution in [-0.2, 0) is 26.2 Å². The van der Waals surface area contributed by atoms with E-state index in [0.29, 0.717) is 27.8 Å². The zero-order valence-corrected chi connectivity index (χ0v) is 32.6. The summed E-state index contributed by atoms with van der Waals surface area (Å²) in [6.07, 6.45) is 2.24. The average molecular weight is 806 g/mol. The fourth-order valence-corrected chi connectivity index (χ4v) is 11.1. The number of thiophene rings is 1. The molecular weight excluding hydrogens is 770 g/mol. The van der Waals surface area contributed by atoms with Crippen LogP contribution < -0.4 is 14.5 Å². The van der Waals surface area contributed by atoms with E-state index in [4.69, 9.17) is 21.4 Å². The minimum atomic E-state index is -1.36. The molecule has 2 aliphatic heterocycles. The maximum Gasteiger partial charge on any atom is 0.271 e. The average Bonchev–Trinajstić information content (AvgIpc) is 3.87. The van der Waals surface area contributed by atoms with E-state index in [1.54, 1.807) is 43.5 Å². The minimum Gasteiger partial charge on any atom is -0.491 e. The number of nitro benzene ring substituents is 1. The Hall–Kier alpha value is -5.70. The van der Waals surface area contributed by atoms with Crippen LogP contribution in [0.25, 0.3) is 20.7 Å². The van der Waals surface area contributed by atoms with Crippen molar-refractivity contribution in [3.63, 3.8) is 0 Å². The number of aliphatic hydroxyl groups excluding tert-OH is 1. The van der Waals surface area contributed by atoms with E-state index in [1.807, 2.05) is 43.3 Å². The molecule has 1 N–H and O–H groups in total. The Morgan fingerprint density at radius 1 is 1.00 bits per heavy atom. The first-order valence-electron chi connectivity index (χ1n) is 18.6. The Kier molecular flexibility index (Phi) is 8.72. The number of aryl methyl sites for hydroxylation is 2. The first kappa shape index (κ1) is 36.9. The van der Waals surface area contributed by atoms with E-state index in [2.05, 4.69) is 0 Å². The summed E-state index contributed by atoms with van der Waals surface area (Å²) >= 11 is 7.86. The third-order valence-corrected chi connectivity index (χ3v) is 13.9. The van der Waals surface area contributed by atoms with Crippen molar-refractivity contribution in [2.75, 3.05) is 23.0 Å². The number of carbonyl (C=O) groups is 4. The van der Waals surface area contributed by atoms with Gasteiger partial charge < -0.3 is 9.84 Å². The quantitative estimate of drug-likeness (QED) is 0.0754. The molecule has 6 atom stereocenters. The van der Waals surface area contributed by atoms with Gasteiger partial charge in [0.1, 0.15) is 23.9 Å². The summed E-state index contributed by atoms with van der Waals surface area (Å²) in [4.78, 5) is 72.9. The highest BCUT2D eigenvalue weighted by Gasteiger charge is 2.68. The van der Waals surface area contributed by atoms with Crippen LogP contribution in [0.1, 0.15) is 36.8 Å². The molecular formula is C42H36ClN5O8S. The lowest BCUT2D eigenvalue weighted by Crippen LogP contribution is -2.49. The minimum absolute atomic E-state index is 0.0115. The molecule has 2 aliphatic carbocycles. The van der Waals surface area contributed by atoms with Crippen LogP contribution in [-0.4, -0.2) is 56.7 Å².